The second-order valence-electron chi connectivity index (χ2n) is 4.35. The van der Waals surface area contributed by atoms with Crippen molar-refractivity contribution in [3.8, 4) is 0 Å². The van der Waals surface area contributed by atoms with E-state index in [0.29, 0.717) is 13.2 Å². The molecular weight excluding hydrogens is 309 g/mol. The van der Waals surface area contributed by atoms with Crippen LogP contribution in [0.3, 0.4) is 0 Å². The van der Waals surface area contributed by atoms with Crippen molar-refractivity contribution in [1.82, 2.24) is 9.97 Å². The smallest absolute Gasteiger partial charge is 0.356 e. The first kappa shape index (κ1) is 15.2. The molecule has 1 unspecified atom stereocenters. The maximum Gasteiger partial charge on any atom is 0.356 e. The highest BCUT2D eigenvalue weighted by molar-refractivity contribution is 6.36. The van der Waals surface area contributed by atoms with E-state index in [0.717, 1.165) is 6.61 Å². The lowest BCUT2D eigenvalue weighted by Crippen LogP contribution is -2.24. The fourth-order valence-electron chi connectivity index (χ4n) is 1.47. The number of carboxylic acids is 1. The van der Waals surface area contributed by atoms with Crippen LogP contribution in [0.5, 0.6) is 0 Å². The van der Waals surface area contributed by atoms with Crippen molar-refractivity contribution in [2.45, 2.75) is 19.1 Å². The largest absolute Gasteiger partial charge is 0.476 e. The van der Waals surface area contributed by atoms with Crippen molar-refractivity contribution in [2.24, 2.45) is 0 Å². The molecule has 0 spiro atoms. The number of rotatable bonds is 7. The molecule has 7 nitrogen and oxygen atoms in total. The van der Waals surface area contributed by atoms with Gasteiger partial charge in [-0.2, -0.15) is 4.98 Å². The molecule has 0 radical (unpaired) electrons. The number of halogens is 2. The minimum absolute atomic E-state index is 0.0840. The van der Waals surface area contributed by atoms with Crippen LogP contribution in [0.1, 0.15) is 17.4 Å². The Hall–Kier alpha value is -1.15. The first-order valence-electron chi connectivity index (χ1n) is 5.89. The van der Waals surface area contributed by atoms with Gasteiger partial charge in [0.25, 0.3) is 0 Å². The highest BCUT2D eigenvalue weighted by atomic mass is 35.5. The van der Waals surface area contributed by atoms with Crippen LogP contribution in [0, 0.1) is 0 Å². The molecule has 1 aromatic rings. The van der Waals surface area contributed by atoms with Gasteiger partial charge in [0, 0.05) is 6.04 Å². The Balaban J connectivity index is 1.98. The monoisotopic (exact) mass is 321 g/mol. The molecule has 9 heteroatoms. The molecule has 2 heterocycles. The number of carbonyl (C=O) groups is 1. The fourth-order valence-corrected chi connectivity index (χ4v) is 1.86. The Morgan fingerprint density at radius 1 is 1.60 bits per heavy atom. The number of ether oxygens (including phenoxy) is 2. The van der Waals surface area contributed by atoms with Gasteiger partial charge in [-0.3, -0.25) is 0 Å². The van der Waals surface area contributed by atoms with Gasteiger partial charge in [-0.05, 0) is 18.5 Å². The molecule has 0 aliphatic carbocycles. The van der Waals surface area contributed by atoms with Gasteiger partial charge in [-0.25, -0.2) is 9.78 Å². The summed E-state index contributed by atoms with van der Waals surface area (Å²) in [5.74, 6) is -1.10. The summed E-state index contributed by atoms with van der Waals surface area (Å²) in [6, 6.07) is -0.126. The average molecular weight is 322 g/mol. The maximum atomic E-state index is 11.0. The first-order valence-corrected chi connectivity index (χ1v) is 6.65. The number of carboxylic acid groups (broad SMARTS) is 1. The summed E-state index contributed by atoms with van der Waals surface area (Å²) in [5, 5.41) is 11.6. The fraction of sp³-hybridized carbons (Fsp3) is 0.545. The number of nitrogens with one attached hydrogen (secondary N) is 1. The number of anilines is 1. The molecule has 1 saturated heterocycles. The third-order valence-electron chi connectivity index (χ3n) is 2.48. The predicted octanol–water partition coefficient (Wildman–Crippen LogP) is 1.70. The van der Waals surface area contributed by atoms with Crippen LogP contribution in [-0.2, 0) is 9.47 Å². The Morgan fingerprint density at radius 3 is 2.90 bits per heavy atom. The predicted molar refractivity (Wildman–Crippen MR) is 72.7 cm³/mol. The van der Waals surface area contributed by atoms with E-state index >= 15 is 0 Å². The molecule has 2 N–H and O–H groups in total. The Bertz CT molecular complexity index is 511. The van der Waals surface area contributed by atoms with Crippen molar-refractivity contribution in [3.05, 3.63) is 16.0 Å². The van der Waals surface area contributed by atoms with Crippen molar-refractivity contribution < 1.29 is 19.4 Å². The summed E-state index contributed by atoms with van der Waals surface area (Å²) in [7, 11) is 0. The number of epoxide rings is 1. The van der Waals surface area contributed by atoms with Crippen LogP contribution in [0.25, 0.3) is 0 Å². The van der Waals surface area contributed by atoms with Crippen molar-refractivity contribution in [3.63, 3.8) is 0 Å². The van der Waals surface area contributed by atoms with E-state index in [1.807, 2.05) is 6.92 Å². The number of aromatic nitrogens is 2. The van der Waals surface area contributed by atoms with Gasteiger partial charge in [0.15, 0.2) is 11.5 Å². The number of hydrogen-bond donors (Lipinski definition) is 2. The van der Waals surface area contributed by atoms with Crippen molar-refractivity contribution >= 4 is 35.0 Å². The van der Waals surface area contributed by atoms with Crippen LogP contribution >= 0.6 is 23.2 Å². The summed E-state index contributed by atoms with van der Waals surface area (Å²) in [6.07, 6.45) is 0.192. The van der Waals surface area contributed by atoms with Gasteiger partial charge in [0.1, 0.15) is 11.1 Å². The summed E-state index contributed by atoms with van der Waals surface area (Å²) in [5.41, 5.74) is -0.339. The van der Waals surface area contributed by atoms with Gasteiger partial charge in [0.05, 0.1) is 19.8 Å². The second-order valence-corrected chi connectivity index (χ2v) is 5.06. The molecule has 110 valence electrons. The normalized spacial score (nSPS) is 18.6. The number of nitrogens with zero attached hydrogens (tertiary/aromatic N) is 2. The van der Waals surface area contributed by atoms with Crippen LogP contribution in [-0.4, -0.2) is 53.0 Å². The van der Waals surface area contributed by atoms with Gasteiger partial charge >= 0.3 is 5.97 Å². The molecule has 1 fully saturated rings. The summed E-state index contributed by atoms with van der Waals surface area (Å²) < 4.78 is 10.4. The molecule has 0 amide bonds. The molecule has 1 aromatic heterocycles. The zero-order valence-corrected chi connectivity index (χ0v) is 12.1. The van der Waals surface area contributed by atoms with E-state index in [1.165, 1.54) is 0 Å². The van der Waals surface area contributed by atoms with E-state index in [4.69, 9.17) is 37.8 Å². The van der Waals surface area contributed by atoms with Gasteiger partial charge in [0.2, 0.25) is 5.28 Å². The van der Waals surface area contributed by atoms with E-state index < -0.39 is 5.97 Å². The van der Waals surface area contributed by atoms with Gasteiger partial charge < -0.3 is 19.9 Å². The molecule has 2 atom stereocenters. The van der Waals surface area contributed by atoms with Gasteiger partial charge in [-0.1, -0.05) is 11.6 Å². The zero-order chi connectivity index (χ0) is 14.7. The highest BCUT2D eigenvalue weighted by Crippen LogP contribution is 2.25. The van der Waals surface area contributed by atoms with E-state index in [-0.39, 0.29) is 34.0 Å². The van der Waals surface area contributed by atoms with Crippen molar-refractivity contribution in [1.29, 1.82) is 0 Å². The summed E-state index contributed by atoms with van der Waals surface area (Å²) >= 11 is 11.6. The second kappa shape index (κ2) is 6.53. The van der Waals surface area contributed by atoms with E-state index in [9.17, 15) is 4.79 Å². The van der Waals surface area contributed by atoms with E-state index in [2.05, 4.69) is 15.3 Å². The lowest BCUT2D eigenvalue weighted by Gasteiger charge is -2.16. The molecule has 0 bridgehead atoms. The van der Waals surface area contributed by atoms with Crippen LogP contribution in [0.15, 0.2) is 0 Å². The Kier molecular flexibility index (Phi) is 4.98. The summed E-state index contributed by atoms with van der Waals surface area (Å²) in [6.45, 7) is 3.52. The SMILES string of the molecule is C[C@@H](COCC1CO1)Nc1nc(Cl)nc(C(=O)O)c1Cl. The molecule has 0 aromatic carbocycles. The third kappa shape index (κ3) is 4.17. The molecule has 2 rings (SSSR count). The Labute approximate surface area is 125 Å². The highest BCUT2D eigenvalue weighted by Gasteiger charge is 2.23. The van der Waals surface area contributed by atoms with Crippen LogP contribution < -0.4 is 5.32 Å². The van der Waals surface area contributed by atoms with Crippen LogP contribution in [0.4, 0.5) is 5.82 Å². The van der Waals surface area contributed by atoms with Crippen molar-refractivity contribution in [2.75, 3.05) is 25.1 Å². The molecule has 20 heavy (non-hydrogen) atoms. The molecular formula is C11H13Cl2N3O4. The number of hydrogen-bond acceptors (Lipinski definition) is 6. The minimum Gasteiger partial charge on any atom is -0.476 e. The lowest BCUT2D eigenvalue weighted by atomic mass is 10.3. The Morgan fingerprint density at radius 2 is 2.30 bits per heavy atom. The van der Waals surface area contributed by atoms with Crippen LogP contribution in [0.2, 0.25) is 10.3 Å². The molecule has 0 saturated carbocycles. The number of aromatic carboxylic acids is 1. The maximum absolute atomic E-state index is 11.0. The molecule has 1 aliphatic heterocycles. The summed E-state index contributed by atoms with van der Waals surface area (Å²) in [4.78, 5) is 18.4. The molecule has 1 aliphatic rings. The topological polar surface area (TPSA) is 96.9 Å². The third-order valence-corrected chi connectivity index (χ3v) is 3.01. The lowest BCUT2D eigenvalue weighted by molar-refractivity contribution is 0.0690. The van der Waals surface area contributed by atoms with E-state index in [1.54, 1.807) is 0 Å². The first-order chi connectivity index (χ1) is 9.47. The quantitative estimate of drug-likeness (QED) is 0.582. The standard InChI is InChI=1S/C11H13Cl2N3O4/c1-5(2-19-3-6-4-20-6)14-9-7(12)8(10(17)18)15-11(13)16-9/h5-6H,2-4H2,1H3,(H,17,18)(H,14,15,16)/t5-,6?/m0/s1. The minimum atomic E-state index is -1.27. The van der Waals surface area contributed by atoms with Gasteiger partial charge in [-0.15, -0.1) is 0 Å². The zero-order valence-electron chi connectivity index (χ0n) is 10.6. The average Bonchev–Trinajstić information content (AvgIpc) is 3.17.